The molecule has 98 valence electrons. The molecule has 1 aliphatic heterocycles. The number of hydrogen-bond donors (Lipinski definition) is 0. The average molecular weight is 305 g/mol. The number of thioether (sulfide) groups is 3. The Morgan fingerprint density at radius 2 is 1.68 bits per heavy atom. The van der Waals surface area contributed by atoms with Gasteiger partial charge >= 0.3 is 0 Å². The number of nitrogens with zero attached hydrogens (tertiary/aromatic N) is 1. The summed E-state index contributed by atoms with van der Waals surface area (Å²) in [7, 11) is 0. The van der Waals surface area contributed by atoms with E-state index in [1.165, 1.54) is 23.5 Å². The Morgan fingerprint density at radius 1 is 0.947 bits per heavy atom. The molecule has 2 aromatic rings. The highest BCUT2D eigenvalue weighted by Crippen LogP contribution is 2.59. The van der Waals surface area contributed by atoms with Gasteiger partial charge in [0.25, 0.3) is 0 Å². The summed E-state index contributed by atoms with van der Waals surface area (Å²) in [5.74, 6) is 2.45. The standard InChI is InChI=1S/C15H15NS3/c1-2-7-13(8-3-1)15(17-11-6-12-18-15)19-14-9-4-5-10-16-14/h1-5,7-10H,6,11-12H2. The van der Waals surface area contributed by atoms with Crippen molar-refractivity contribution in [3.8, 4) is 0 Å². The molecule has 19 heavy (non-hydrogen) atoms. The van der Waals surface area contributed by atoms with E-state index in [0.29, 0.717) is 0 Å². The van der Waals surface area contributed by atoms with E-state index in [1.807, 2.05) is 47.5 Å². The van der Waals surface area contributed by atoms with Crippen molar-refractivity contribution >= 4 is 35.3 Å². The molecule has 4 heteroatoms. The third-order valence-electron chi connectivity index (χ3n) is 2.88. The zero-order valence-electron chi connectivity index (χ0n) is 10.5. The van der Waals surface area contributed by atoms with Gasteiger partial charge in [0, 0.05) is 6.20 Å². The largest absolute Gasteiger partial charge is 0.250 e. The molecular weight excluding hydrogens is 290 g/mol. The number of benzene rings is 1. The summed E-state index contributed by atoms with van der Waals surface area (Å²) in [5, 5.41) is 1.10. The minimum atomic E-state index is 0.0634. The fraction of sp³-hybridized carbons (Fsp3) is 0.267. The van der Waals surface area contributed by atoms with Gasteiger partial charge < -0.3 is 0 Å². The smallest absolute Gasteiger partial charge is 0.138 e. The van der Waals surface area contributed by atoms with E-state index < -0.39 is 0 Å². The Hall–Kier alpha value is -0.580. The van der Waals surface area contributed by atoms with Gasteiger partial charge in [-0.1, -0.05) is 48.2 Å². The fourth-order valence-electron chi connectivity index (χ4n) is 1.99. The van der Waals surface area contributed by atoms with Gasteiger partial charge in [0.05, 0.1) is 5.03 Å². The van der Waals surface area contributed by atoms with Crippen LogP contribution in [0.5, 0.6) is 0 Å². The second kappa shape index (κ2) is 6.25. The number of rotatable bonds is 3. The second-order valence-corrected chi connectivity index (χ2v) is 8.87. The highest BCUT2D eigenvalue weighted by Gasteiger charge is 2.37. The molecule has 1 saturated heterocycles. The summed E-state index contributed by atoms with van der Waals surface area (Å²) < 4.78 is 0.0634. The van der Waals surface area contributed by atoms with E-state index in [1.54, 1.807) is 0 Å². The van der Waals surface area contributed by atoms with Crippen LogP contribution in [-0.4, -0.2) is 16.5 Å². The summed E-state index contributed by atoms with van der Waals surface area (Å²) in [6.45, 7) is 0. The Kier molecular flexibility index (Phi) is 4.41. The third kappa shape index (κ3) is 3.12. The van der Waals surface area contributed by atoms with Crippen molar-refractivity contribution in [1.29, 1.82) is 0 Å². The van der Waals surface area contributed by atoms with Crippen molar-refractivity contribution in [3.63, 3.8) is 0 Å². The zero-order chi connectivity index (χ0) is 13.0. The van der Waals surface area contributed by atoms with E-state index in [2.05, 4.69) is 47.4 Å². The SMILES string of the molecule is c1ccc(C2(Sc3ccccn3)SCCCS2)cc1. The van der Waals surface area contributed by atoms with E-state index >= 15 is 0 Å². The minimum absolute atomic E-state index is 0.0634. The number of aromatic nitrogens is 1. The van der Waals surface area contributed by atoms with Crippen molar-refractivity contribution in [2.24, 2.45) is 0 Å². The van der Waals surface area contributed by atoms with Gasteiger partial charge in [-0.05, 0) is 35.6 Å². The van der Waals surface area contributed by atoms with Crippen LogP contribution in [0.15, 0.2) is 59.8 Å². The van der Waals surface area contributed by atoms with Crippen LogP contribution in [0.25, 0.3) is 0 Å². The van der Waals surface area contributed by atoms with Crippen LogP contribution in [0.1, 0.15) is 12.0 Å². The predicted molar refractivity (Wildman–Crippen MR) is 87.7 cm³/mol. The summed E-state index contributed by atoms with van der Waals surface area (Å²) in [6.07, 6.45) is 3.17. The maximum absolute atomic E-state index is 4.48. The van der Waals surface area contributed by atoms with Crippen molar-refractivity contribution in [1.82, 2.24) is 4.98 Å². The molecule has 0 bridgehead atoms. The first-order chi connectivity index (χ1) is 9.39. The monoisotopic (exact) mass is 305 g/mol. The van der Waals surface area contributed by atoms with Crippen LogP contribution in [0, 0.1) is 0 Å². The summed E-state index contributed by atoms with van der Waals surface area (Å²) in [6, 6.07) is 17.0. The molecule has 0 atom stereocenters. The Labute approximate surface area is 127 Å². The van der Waals surface area contributed by atoms with Gasteiger partial charge in [0.2, 0.25) is 0 Å². The molecule has 2 heterocycles. The molecule has 0 saturated carbocycles. The van der Waals surface area contributed by atoms with Crippen LogP contribution < -0.4 is 0 Å². The highest BCUT2D eigenvalue weighted by atomic mass is 32.3. The number of pyridine rings is 1. The van der Waals surface area contributed by atoms with Crippen LogP contribution in [-0.2, 0) is 3.41 Å². The van der Waals surface area contributed by atoms with Crippen LogP contribution in [0.2, 0.25) is 0 Å². The lowest BCUT2D eigenvalue weighted by atomic mass is 10.2. The fourth-order valence-corrected chi connectivity index (χ4v) is 7.00. The lowest BCUT2D eigenvalue weighted by molar-refractivity contribution is 1.07. The maximum atomic E-state index is 4.48. The second-order valence-electron chi connectivity index (χ2n) is 4.24. The summed E-state index contributed by atoms with van der Waals surface area (Å²) in [4.78, 5) is 4.48. The molecule has 1 fully saturated rings. The molecule has 0 aliphatic carbocycles. The molecule has 1 aliphatic rings. The van der Waals surface area contributed by atoms with E-state index in [4.69, 9.17) is 0 Å². The highest BCUT2D eigenvalue weighted by molar-refractivity contribution is 8.33. The first kappa shape index (κ1) is 13.4. The van der Waals surface area contributed by atoms with E-state index in [-0.39, 0.29) is 3.41 Å². The molecule has 1 aromatic heterocycles. The first-order valence-corrected chi connectivity index (χ1v) is 9.11. The van der Waals surface area contributed by atoms with Crippen molar-refractivity contribution < 1.29 is 0 Å². The molecule has 0 spiro atoms. The average Bonchev–Trinajstić information content (AvgIpc) is 2.50. The maximum Gasteiger partial charge on any atom is 0.138 e. The van der Waals surface area contributed by atoms with E-state index in [9.17, 15) is 0 Å². The Bertz CT molecular complexity index is 509. The molecular formula is C15H15NS3. The normalized spacial score (nSPS) is 18.1. The zero-order valence-corrected chi connectivity index (χ0v) is 12.9. The van der Waals surface area contributed by atoms with Gasteiger partial charge in [-0.15, -0.1) is 23.5 Å². The van der Waals surface area contributed by atoms with Crippen molar-refractivity contribution in [3.05, 3.63) is 60.3 Å². The van der Waals surface area contributed by atoms with Crippen LogP contribution in [0.4, 0.5) is 0 Å². The first-order valence-electron chi connectivity index (χ1n) is 6.33. The summed E-state index contributed by atoms with van der Waals surface area (Å²) in [5.41, 5.74) is 1.39. The third-order valence-corrected chi connectivity index (χ3v) is 7.96. The molecule has 3 rings (SSSR count). The van der Waals surface area contributed by atoms with Gasteiger partial charge in [0.15, 0.2) is 0 Å². The predicted octanol–water partition coefficient (Wildman–Crippen LogP) is 4.85. The summed E-state index contributed by atoms with van der Waals surface area (Å²) >= 11 is 5.97. The lowest BCUT2D eigenvalue weighted by Crippen LogP contribution is -2.18. The molecule has 0 N–H and O–H groups in total. The Balaban J connectivity index is 1.93. The van der Waals surface area contributed by atoms with E-state index in [0.717, 1.165) is 5.03 Å². The minimum Gasteiger partial charge on any atom is -0.250 e. The van der Waals surface area contributed by atoms with Gasteiger partial charge in [-0.3, -0.25) is 0 Å². The Morgan fingerprint density at radius 3 is 2.37 bits per heavy atom. The molecule has 0 unspecified atom stereocenters. The molecule has 0 amide bonds. The van der Waals surface area contributed by atoms with Crippen LogP contribution >= 0.6 is 35.3 Å². The molecule has 1 nitrogen and oxygen atoms in total. The topological polar surface area (TPSA) is 12.9 Å². The number of hydrogen-bond acceptors (Lipinski definition) is 4. The quantitative estimate of drug-likeness (QED) is 0.803. The molecule has 0 radical (unpaired) electrons. The van der Waals surface area contributed by atoms with Crippen LogP contribution in [0.3, 0.4) is 0 Å². The van der Waals surface area contributed by atoms with Crippen molar-refractivity contribution in [2.45, 2.75) is 14.9 Å². The van der Waals surface area contributed by atoms with Gasteiger partial charge in [-0.2, -0.15) is 0 Å². The van der Waals surface area contributed by atoms with Crippen molar-refractivity contribution in [2.75, 3.05) is 11.5 Å². The lowest BCUT2D eigenvalue weighted by Gasteiger charge is -2.35. The van der Waals surface area contributed by atoms with Gasteiger partial charge in [-0.25, -0.2) is 4.98 Å². The van der Waals surface area contributed by atoms with Gasteiger partial charge in [0.1, 0.15) is 3.41 Å². The molecule has 1 aromatic carbocycles.